The topological polar surface area (TPSA) is 220 Å². The summed E-state index contributed by atoms with van der Waals surface area (Å²) in [6, 6.07) is -5.08. The minimum Gasteiger partial charge on any atom is -0.480 e. The van der Waals surface area contributed by atoms with Crippen LogP contribution in [0.25, 0.3) is 0 Å². The number of carboxylic acids is 1. The summed E-state index contributed by atoms with van der Waals surface area (Å²) in [5.74, 6) is -3.85. The number of nitrogens with one attached hydrogen (secondary N) is 4. The first kappa shape index (κ1) is 26.0. The summed E-state index contributed by atoms with van der Waals surface area (Å²) in [7, 11) is 0. The second-order valence-corrected chi connectivity index (χ2v) is 7.40. The highest BCUT2D eigenvalue weighted by molar-refractivity contribution is 5.94. The van der Waals surface area contributed by atoms with Gasteiger partial charge in [0.25, 0.3) is 0 Å². The lowest BCUT2D eigenvalue weighted by Gasteiger charge is -2.25. The van der Waals surface area contributed by atoms with Gasteiger partial charge in [-0.2, -0.15) is 0 Å². The highest BCUT2D eigenvalue weighted by Gasteiger charge is 2.30. The number of amides is 3. The van der Waals surface area contributed by atoms with Gasteiger partial charge in [0, 0.05) is 18.3 Å². The fourth-order valence-electron chi connectivity index (χ4n) is 2.63. The predicted octanol–water partition coefficient (Wildman–Crippen LogP) is -3.15. The summed E-state index contributed by atoms with van der Waals surface area (Å²) >= 11 is 0. The maximum Gasteiger partial charge on any atom is 0.328 e. The van der Waals surface area contributed by atoms with Crippen molar-refractivity contribution in [3.8, 4) is 0 Å². The van der Waals surface area contributed by atoms with Crippen molar-refractivity contribution in [3.63, 3.8) is 0 Å². The molecule has 3 amide bonds. The van der Waals surface area contributed by atoms with Crippen LogP contribution in [0.15, 0.2) is 12.5 Å². The van der Waals surface area contributed by atoms with Crippen LogP contribution in [0.3, 0.4) is 0 Å². The van der Waals surface area contributed by atoms with E-state index < -0.39 is 61.1 Å². The van der Waals surface area contributed by atoms with Crippen LogP contribution in [0.2, 0.25) is 0 Å². The molecule has 31 heavy (non-hydrogen) atoms. The van der Waals surface area contributed by atoms with E-state index in [4.69, 9.17) is 15.9 Å². The third-order valence-electron chi connectivity index (χ3n) is 4.28. The quantitative estimate of drug-likeness (QED) is 0.154. The van der Waals surface area contributed by atoms with Crippen LogP contribution in [-0.4, -0.2) is 86.4 Å². The molecule has 4 atom stereocenters. The maximum atomic E-state index is 12.5. The third kappa shape index (κ3) is 8.70. The van der Waals surface area contributed by atoms with Crippen LogP contribution in [-0.2, 0) is 25.6 Å². The van der Waals surface area contributed by atoms with E-state index in [1.807, 2.05) is 0 Å². The lowest BCUT2D eigenvalue weighted by atomic mass is 10.0. The fraction of sp³-hybridized carbons (Fsp3) is 0.611. The van der Waals surface area contributed by atoms with E-state index in [2.05, 4.69) is 25.9 Å². The van der Waals surface area contributed by atoms with E-state index in [0.717, 1.165) is 0 Å². The van der Waals surface area contributed by atoms with Crippen LogP contribution in [0.4, 0.5) is 0 Å². The molecule has 0 saturated heterocycles. The molecule has 0 radical (unpaired) electrons. The van der Waals surface area contributed by atoms with Crippen molar-refractivity contribution < 1.29 is 34.5 Å². The Labute approximate surface area is 178 Å². The molecule has 0 saturated carbocycles. The molecule has 1 rings (SSSR count). The van der Waals surface area contributed by atoms with Crippen molar-refractivity contribution in [2.45, 2.75) is 50.9 Å². The van der Waals surface area contributed by atoms with Crippen molar-refractivity contribution in [1.82, 2.24) is 25.9 Å². The van der Waals surface area contributed by atoms with Crippen LogP contribution >= 0.6 is 0 Å². The number of carbonyl (C=O) groups is 4. The first-order valence-electron chi connectivity index (χ1n) is 9.67. The Morgan fingerprint density at radius 3 is 2.03 bits per heavy atom. The molecule has 1 aromatic rings. The number of aliphatic hydroxyl groups excluding tert-OH is 2. The van der Waals surface area contributed by atoms with Gasteiger partial charge in [-0.1, -0.05) is 13.8 Å². The van der Waals surface area contributed by atoms with Crippen molar-refractivity contribution in [1.29, 1.82) is 0 Å². The van der Waals surface area contributed by atoms with E-state index in [-0.39, 0.29) is 18.8 Å². The van der Waals surface area contributed by atoms with E-state index in [1.165, 1.54) is 12.5 Å². The minimum atomic E-state index is -1.53. The van der Waals surface area contributed by atoms with Gasteiger partial charge in [0.2, 0.25) is 17.7 Å². The van der Waals surface area contributed by atoms with Gasteiger partial charge in [0.1, 0.15) is 18.1 Å². The second-order valence-electron chi connectivity index (χ2n) is 7.40. The van der Waals surface area contributed by atoms with E-state index in [0.29, 0.717) is 5.69 Å². The van der Waals surface area contributed by atoms with Gasteiger partial charge >= 0.3 is 5.97 Å². The van der Waals surface area contributed by atoms with Crippen molar-refractivity contribution >= 4 is 23.7 Å². The summed E-state index contributed by atoms with van der Waals surface area (Å²) in [6.07, 6.45) is 3.20. The average Bonchev–Trinajstić information content (AvgIpc) is 3.21. The number of imidazole rings is 1. The number of aliphatic carboxylic acids is 1. The number of carbonyl (C=O) groups excluding carboxylic acids is 3. The summed E-state index contributed by atoms with van der Waals surface area (Å²) < 4.78 is 0. The molecule has 13 nitrogen and oxygen atoms in total. The molecule has 0 aromatic carbocycles. The Balaban J connectivity index is 2.77. The first-order valence-corrected chi connectivity index (χ1v) is 9.67. The van der Waals surface area contributed by atoms with Gasteiger partial charge in [-0.3, -0.25) is 14.4 Å². The Bertz CT molecular complexity index is 740. The van der Waals surface area contributed by atoms with E-state index >= 15 is 0 Å². The Hall–Kier alpha value is -3.03. The van der Waals surface area contributed by atoms with Gasteiger partial charge in [-0.15, -0.1) is 0 Å². The number of aliphatic hydroxyl groups is 2. The SMILES string of the molecule is CC(C)CC(NC(=O)C(CO)NC(=O)C(N)Cc1cnc[nH]1)C(=O)NC(CO)C(=O)O. The largest absolute Gasteiger partial charge is 0.480 e. The first-order chi connectivity index (χ1) is 14.6. The number of nitrogens with zero attached hydrogens (tertiary/aromatic N) is 1. The van der Waals surface area contributed by atoms with Gasteiger partial charge in [-0.05, 0) is 12.3 Å². The molecule has 0 aliphatic heterocycles. The predicted molar refractivity (Wildman–Crippen MR) is 107 cm³/mol. The Morgan fingerprint density at radius 1 is 1.00 bits per heavy atom. The normalized spacial score (nSPS) is 14.9. The molecule has 0 fully saturated rings. The highest BCUT2D eigenvalue weighted by Crippen LogP contribution is 2.06. The smallest absolute Gasteiger partial charge is 0.328 e. The molecule has 0 aliphatic rings. The van der Waals surface area contributed by atoms with Gasteiger partial charge in [0.05, 0.1) is 25.6 Å². The molecule has 0 spiro atoms. The number of hydrogen-bond acceptors (Lipinski definition) is 8. The average molecular weight is 442 g/mol. The molecule has 0 bridgehead atoms. The molecule has 174 valence electrons. The number of hydrogen-bond donors (Lipinski definition) is 8. The van der Waals surface area contributed by atoms with Crippen LogP contribution in [0, 0.1) is 5.92 Å². The summed E-state index contributed by atoms with van der Waals surface area (Å²) in [5.41, 5.74) is 6.42. The highest BCUT2D eigenvalue weighted by atomic mass is 16.4. The molecule has 4 unspecified atom stereocenters. The zero-order chi connectivity index (χ0) is 23.6. The molecule has 9 N–H and O–H groups in total. The van der Waals surface area contributed by atoms with Gasteiger partial charge in [-0.25, -0.2) is 9.78 Å². The second kappa shape index (κ2) is 12.6. The third-order valence-corrected chi connectivity index (χ3v) is 4.28. The summed E-state index contributed by atoms with van der Waals surface area (Å²) in [4.78, 5) is 54.9. The Morgan fingerprint density at radius 2 is 1.55 bits per heavy atom. The zero-order valence-electron chi connectivity index (χ0n) is 17.4. The molecule has 13 heteroatoms. The van der Waals surface area contributed by atoms with E-state index in [1.54, 1.807) is 13.8 Å². The lowest BCUT2D eigenvalue weighted by molar-refractivity contribution is -0.143. The number of rotatable bonds is 13. The molecule has 1 heterocycles. The number of carboxylic acid groups (broad SMARTS) is 1. The maximum absolute atomic E-state index is 12.5. The van der Waals surface area contributed by atoms with Crippen LogP contribution in [0.1, 0.15) is 26.0 Å². The number of aromatic amines is 1. The minimum absolute atomic E-state index is 0.0570. The molecular formula is C18H30N6O7. The van der Waals surface area contributed by atoms with Crippen molar-refractivity contribution in [2.24, 2.45) is 11.7 Å². The lowest BCUT2D eigenvalue weighted by Crippen LogP contribution is -2.58. The molecule has 0 aliphatic carbocycles. The number of nitrogens with two attached hydrogens (primary N) is 1. The summed E-state index contributed by atoms with van der Waals surface area (Å²) in [6.45, 7) is 1.99. The van der Waals surface area contributed by atoms with Crippen LogP contribution < -0.4 is 21.7 Å². The van der Waals surface area contributed by atoms with E-state index in [9.17, 15) is 24.3 Å². The van der Waals surface area contributed by atoms with Crippen molar-refractivity contribution in [2.75, 3.05) is 13.2 Å². The zero-order valence-corrected chi connectivity index (χ0v) is 17.4. The molecular weight excluding hydrogens is 412 g/mol. The fourth-order valence-corrected chi connectivity index (χ4v) is 2.63. The standard InChI is InChI=1S/C18H30N6O7/c1-9(2)3-12(16(28)24-14(7-26)18(30)31)22-17(29)13(6-25)23-15(27)11(19)4-10-5-20-8-21-10/h5,8-9,11-14,25-26H,3-4,6-7,19H2,1-2H3,(H,20,21)(H,22,29)(H,23,27)(H,24,28)(H,30,31). The van der Waals surface area contributed by atoms with Gasteiger partial charge in [0.15, 0.2) is 0 Å². The van der Waals surface area contributed by atoms with Crippen LogP contribution in [0.5, 0.6) is 0 Å². The van der Waals surface area contributed by atoms with Crippen molar-refractivity contribution in [3.05, 3.63) is 18.2 Å². The number of H-pyrrole nitrogens is 1. The molecule has 1 aromatic heterocycles. The monoisotopic (exact) mass is 442 g/mol. The summed E-state index contributed by atoms with van der Waals surface area (Å²) in [5, 5.41) is 34.4. The number of aromatic nitrogens is 2. The Kier molecular flexibility index (Phi) is 10.6. The van der Waals surface area contributed by atoms with Gasteiger partial charge < -0.3 is 42.0 Å².